The van der Waals surface area contributed by atoms with Gasteiger partial charge in [0.2, 0.25) is 0 Å². The molecule has 1 aliphatic rings. The molecule has 1 aliphatic heterocycles. The number of halogens is 3. The number of methoxy groups -OCH3 is 1. The van der Waals surface area contributed by atoms with Crippen LogP contribution in [-0.4, -0.2) is 18.2 Å². The number of hydrogen-bond acceptors (Lipinski definition) is 5. The second-order valence-electron chi connectivity index (χ2n) is 6.90. The molecule has 5 nitrogen and oxygen atoms in total. The van der Waals surface area contributed by atoms with Crippen molar-refractivity contribution in [3.63, 3.8) is 0 Å². The smallest absolute Gasteiger partial charge is 0.264 e. The molecule has 3 aromatic carbocycles. The van der Waals surface area contributed by atoms with Gasteiger partial charge in [-0.3, -0.25) is 4.79 Å². The first-order chi connectivity index (χ1) is 15.9. The number of nitrogens with one attached hydrogen (secondary N) is 1. The molecule has 3 aromatic rings. The number of aliphatic imine (C=N–C) groups is 1. The van der Waals surface area contributed by atoms with E-state index in [1.165, 1.54) is 11.8 Å². The Balaban J connectivity index is 1.58. The van der Waals surface area contributed by atoms with Gasteiger partial charge in [-0.2, -0.15) is 0 Å². The number of hydrogen-bond donors (Lipinski definition) is 1. The van der Waals surface area contributed by atoms with Crippen molar-refractivity contribution >= 4 is 69.4 Å². The second-order valence-corrected chi connectivity index (χ2v) is 9.24. The fraction of sp³-hybridized carbons (Fsp3) is 0.0833. The summed E-state index contributed by atoms with van der Waals surface area (Å²) in [4.78, 5) is 17.5. The summed E-state index contributed by atoms with van der Waals surface area (Å²) in [6.07, 6.45) is 1.72. The van der Waals surface area contributed by atoms with Crippen molar-refractivity contribution in [3.8, 4) is 11.5 Å². The molecule has 0 aliphatic carbocycles. The highest BCUT2D eigenvalue weighted by molar-refractivity contribution is 8.18. The van der Waals surface area contributed by atoms with Gasteiger partial charge in [0.05, 0.1) is 12.0 Å². The highest BCUT2D eigenvalue weighted by atomic mass is 35.5. The number of amides is 1. The van der Waals surface area contributed by atoms with Crippen molar-refractivity contribution in [2.75, 3.05) is 7.11 Å². The number of nitrogens with zero attached hydrogens (tertiary/aromatic N) is 1. The Hall–Kier alpha value is -2.64. The summed E-state index contributed by atoms with van der Waals surface area (Å²) in [7, 11) is 1.54. The molecule has 168 valence electrons. The second kappa shape index (κ2) is 10.5. The van der Waals surface area contributed by atoms with Gasteiger partial charge in [-0.15, -0.1) is 0 Å². The van der Waals surface area contributed by atoms with Gasteiger partial charge in [0.15, 0.2) is 5.17 Å². The summed E-state index contributed by atoms with van der Waals surface area (Å²) < 4.78 is 11.3. The molecular formula is C24H17Cl3N2O3S. The van der Waals surface area contributed by atoms with Crippen molar-refractivity contribution in [1.29, 1.82) is 0 Å². The summed E-state index contributed by atoms with van der Waals surface area (Å²) in [6, 6.07) is 17.8. The van der Waals surface area contributed by atoms with E-state index < -0.39 is 0 Å². The summed E-state index contributed by atoms with van der Waals surface area (Å²) in [5.41, 5.74) is 2.11. The van der Waals surface area contributed by atoms with E-state index in [0.717, 1.165) is 5.56 Å². The normalized spacial score (nSPS) is 15.7. The minimum absolute atomic E-state index is 0.277. The number of carbonyl (C=O) groups is 1. The molecule has 1 fully saturated rings. The van der Waals surface area contributed by atoms with Crippen molar-refractivity contribution in [3.05, 3.63) is 91.8 Å². The third-order valence-corrected chi connectivity index (χ3v) is 6.17. The van der Waals surface area contributed by atoms with Crippen LogP contribution < -0.4 is 14.8 Å². The van der Waals surface area contributed by atoms with E-state index in [0.29, 0.717) is 54.5 Å². The number of ether oxygens (including phenoxy) is 2. The van der Waals surface area contributed by atoms with Crippen molar-refractivity contribution in [1.82, 2.24) is 5.32 Å². The minimum Gasteiger partial charge on any atom is -0.494 e. The first kappa shape index (κ1) is 23.5. The quantitative estimate of drug-likeness (QED) is 0.352. The van der Waals surface area contributed by atoms with Gasteiger partial charge in [-0.05, 0) is 71.9 Å². The molecule has 1 N–H and O–H groups in total. The first-order valence-corrected chi connectivity index (χ1v) is 11.7. The van der Waals surface area contributed by atoms with Crippen LogP contribution in [-0.2, 0) is 11.4 Å². The lowest BCUT2D eigenvalue weighted by molar-refractivity contribution is -0.115. The lowest BCUT2D eigenvalue weighted by Gasteiger charge is -2.10. The summed E-state index contributed by atoms with van der Waals surface area (Å²) in [5.74, 6) is 0.855. The Morgan fingerprint density at radius 1 is 0.970 bits per heavy atom. The van der Waals surface area contributed by atoms with Crippen LogP contribution in [0.5, 0.6) is 11.5 Å². The Morgan fingerprint density at radius 3 is 2.45 bits per heavy atom. The molecule has 0 saturated carbocycles. The number of amidine groups is 1. The van der Waals surface area contributed by atoms with Crippen LogP contribution >= 0.6 is 46.6 Å². The molecule has 1 heterocycles. The lowest BCUT2D eigenvalue weighted by Crippen LogP contribution is -2.19. The van der Waals surface area contributed by atoms with Crippen LogP contribution in [0.4, 0.5) is 5.69 Å². The zero-order chi connectivity index (χ0) is 23.4. The van der Waals surface area contributed by atoms with Gasteiger partial charge < -0.3 is 14.8 Å². The highest BCUT2D eigenvalue weighted by Crippen LogP contribution is 2.35. The average molecular weight is 520 g/mol. The summed E-state index contributed by atoms with van der Waals surface area (Å²) >= 11 is 19.5. The molecule has 0 bridgehead atoms. The molecule has 0 atom stereocenters. The molecule has 0 radical (unpaired) electrons. The van der Waals surface area contributed by atoms with Crippen LogP contribution in [0.25, 0.3) is 6.08 Å². The number of benzene rings is 3. The number of carbonyl (C=O) groups excluding carboxylic acids is 1. The zero-order valence-corrected chi connectivity index (χ0v) is 20.4. The van der Waals surface area contributed by atoms with Crippen molar-refractivity contribution < 1.29 is 14.3 Å². The van der Waals surface area contributed by atoms with Crippen LogP contribution in [0, 0.1) is 0 Å². The Bertz CT molecular complexity index is 1280. The maximum atomic E-state index is 12.6. The molecule has 9 heteroatoms. The fourth-order valence-electron chi connectivity index (χ4n) is 3.03. The Labute approximate surface area is 210 Å². The van der Waals surface area contributed by atoms with E-state index in [4.69, 9.17) is 44.3 Å². The molecule has 0 spiro atoms. The predicted molar refractivity (Wildman–Crippen MR) is 136 cm³/mol. The third kappa shape index (κ3) is 6.03. The Kier molecular flexibility index (Phi) is 7.50. The van der Waals surface area contributed by atoms with Crippen LogP contribution in [0.15, 0.2) is 70.6 Å². The zero-order valence-electron chi connectivity index (χ0n) is 17.3. The molecule has 0 unspecified atom stereocenters. The SMILES string of the molecule is COc1ccc(Cl)cc1N=C1NC(=O)/C(=C/c2cc(Cl)ccc2OCc2cccc(Cl)c2)S1. The van der Waals surface area contributed by atoms with E-state index in [1.807, 2.05) is 18.2 Å². The van der Waals surface area contributed by atoms with Gasteiger partial charge in [0.1, 0.15) is 23.8 Å². The fourth-order valence-corrected chi connectivity index (χ4v) is 4.42. The maximum Gasteiger partial charge on any atom is 0.264 e. The van der Waals surface area contributed by atoms with E-state index >= 15 is 0 Å². The van der Waals surface area contributed by atoms with Gasteiger partial charge in [-0.1, -0.05) is 46.9 Å². The van der Waals surface area contributed by atoms with Crippen LogP contribution in [0.3, 0.4) is 0 Å². The summed E-state index contributed by atoms with van der Waals surface area (Å²) in [6.45, 7) is 0.318. The molecule has 4 rings (SSSR count). The largest absolute Gasteiger partial charge is 0.494 e. The topological polar surface area (TPSA) is 59.9 Å². The van der Waals surface area contributed by atoms with Crippen molar-refractivity contribution in [2.24, 2.45) is 4.99 Å². The van der Waals surface area contributed by atoms with E-state index in [-0.39, 0.29) is 5.91 Å². The van der Waals surface area contributed by atoms with E-state index in [2.05, 4.69) is 10.3 Å². The number of rotatable bonds is 6. The minimum atomic E-state index is -0.277. The third-order valence-electron chi connectivity index (χ3n) is 4.56. The van der Waals surface area contributed by atoms with Gasteiger partial charge >= 0.3 is 0 Å². The molecule has 1 amide bonds. The monoisotopic (exact) mass is 518 g/mol. The summed E-state index contributed by atoms with van der Waals surface area (Å²) in [5, 5.41) is 4.85. The molecule has 1 saturated heterocycles. The van der Waals surface area contributed by atoms with E-state index in [9.17, 15) is 4.79 Å². The molecule has 33 heavy (non-hydrogen) atoms. The number of thioether (sulfide) groups is 1. The molecular weight excluding hydrogens is 503 g/mol. The highest BCUT2D eigenvalue weighted by Gasteiger charge is 2.25. The van der Waals surface area contributed by atoms with E-state index in [1.54, 1.807) is 55.7 Å². The van der Waals surface area contributed by atoms with Crippen molar-refractivity contribution in [2.45, 2.75) is 6.61 Å². The lowest BCUT2D eigenvalue weighted by atomic mass is 10.1. The van der Waals surface area contributed by atoms with Gasteiger partial charge in [0.25, 0.3) is 5.91 Å². The van der Waals surface area contributed by atoms with Gasteiger partial charge in [-0.25, -0.2) is 4.99 Å². The average Bonchev–Trinajstić information content (AvgIpc) is 3.12. The standard InChI is InChI=1S/C24H17Cl3N2O3S/c1-31-21-8-6-18(27)12-19(21)28-24-29-23(30)22(33-24)11-15-10-17(26)5-7-20(15)32-13-14-3-2-4-16(25)9-14/h2-12H,13H2,1H3,(H,28,29,30)/b22-11-. The van der Waals surface area contributed by atoms with Crippen LogP contribution in [0.2, 0.25) is 15.1 Å². The maximum absolute atomic E-state index is 12.6. The van der Waals surface area contributed by atoms with Crippen LogP contribution in [0.1, 0.15) is 11.1 Å². The molecule has 0 aromatic heterocycles. The first-order valence-electron chi connectivity index (χ1n) is 9.71. The Morgan fingerprint density at radius 2 is 1.70 bits per heavy atom. The predicted octanol–water partition coefficient (Wildman–Crippen LogP) is 7.13. The van der Waals surface area contributed by atoms with Gasteiger partial charge in [0, 0.05) is 20.6 Å².